The molecule has 33 heavy (non-hydrogen) atoms. The maximum atomic E-state index is 12.5. The van der Waals surface area contributed by atoms with E-state index in [0.29, 0.717) is 37.9 Å². The van der Waals surface area contributed by atoms with Crippen molar-refractivity contribution in [2.24, 2.45) is 15.9 Å². The molecule has 6 N–H and O–H groups in total. The fourth-order valence-electron chi connectivity index (χ4n) is 3.88. The van der Waals surface area contributed by atoms with Gasteiger partial charge in [0.1, 0.15) is 11.7 Å². The second-order valence-electron chi connectivity index (χ2n) is 8.09. The molecular formula is C20H27N7O6. The third-order valence-electron chi connectivity index (χ3n) is 5.81. The van der Waals surface area contributed by atoms with Gasteiger partial charge in [-0.25, -0.2) is 9.79 Å². The number of aliphatic carboxylic acids is 2. The van der Waals surface area contributed by atoms with Crippen LogP contribution in [0.2, 0.25) is 0 Å². The van der Waals surface area contributed by atoms with Crippen molar-refractivity contribution >= 4 is 47.2 Å². The largest absolute Gasteiger partial charge is 0.481 e. The highest BCUT2D eigenvalue weighted by atomic mass is 16.4. The molecule has 0 radical (unpaired) electrons. The smallest absolute Gasteiger partial charge is 0.326 e. The molecule has 0 saturated heterocycles. The molecule has 1 unspecified atom stereocenters. The van der Waals surface area contributed by atoms with Gasteiger partial charge in [-0.05, 0) is 32.1 Å². The van der Waals surface area contributed by atoms with Crippen molar-refractivity contribution in [3.63, 3.8) is 0 Å². The number of nitrogen functional groups attached to an aromatic ring is 1. The number of carbonyl (C=O) groups is 3. The van der Waals surface area contributed by atoms with Gasteiger partial charge in [0.2, 0.25) is 11.9 Å². The topological polar surface area (TPSA) is 203 Å². The fraction of sp³-hybridized carbons (Fsp3) is 0.550. The molecule has 3 rings (SSSR count). The quantitative estimate of drug-likeness (QED) is 0.351. The number of amides is 1. The van der Waals surface area contributed by atoms with E-state index in [2.05, 4.69) is 25.3 Å². The average molecular weight is 461 g/mol. The summed E-state index contributed by atoms with van der Waals surface area (Å²) >= 11 is 0. The van der Waals surface area contributed by atoms with E-state index < -0.39 is 18.0 Å². The van der Waals surface area contributed by atoms with Crippen molar-refractivity contribution in [3.05, 3.63) is 10.4 Å². The van der Waals surface area contributed by atoms with Gasteiger partial charge in [0.25, 0.3) is 5.56 Å². The Hall–Kier alpha value is -3.77. The SMILES string of the molecule is CN1c2c(nc(N)[nH]c2=O)N=CC1CN=C1CCC(C(=O)N[C@@H](CCC(=O)O)C(=O)O)CC1. The number of nitrogens with zero attached hydrogens (tertiary/aromatic N) is 4. The number of aliphatic imine (C=N–C) groups is 2. The van der Waals surface area contributed by atoms with E-state index in [1.165, 1.54) is 0 Å². The first-order valence-electron chi connectivity index (χ1n) is 10.6. The van der Waals surface area contributed by atoms with Crippen molar-refractivity contribution in [3.8, 4) is 0 Å². The van der Waals surface area contributed by atoms with E-state index in [9.17, 15) is 24.3 Å². The highest BCUT2D eigenvalue weighted by molar-refractivity contribution is 5.90. The lowest BCUT2D eigenvalue weighted by Gasteiger charge is -2.29. The van der Waals surface area contributed by atoms with Gasteiger partial charge in [-0.3, -0.25) is 24.4 Å². The number of hydrogen-bond acceptors (Lipinski definition) is 9. The van der Waals surface area contributed by atoms with Crippen LogP contribution >= 0.6 is 0 Å². The Kier molecular flexibility index (Phi) is 7.41. The summed E-state index contributed by atoms with van der Waals surface area (Å²) in [6, 6.07) is -1.45. The first kappa shape index (κ1) is 23.9. The second-order valence-corrected chi connectivity index (χ2v) is 8.09. The van der Waals surface area contributed by atoms with Gasteiger partial charge in [0.05, 0.1) is 12.6 Å². The van der Waals surface area contributed by atoms with Crippen LogP contribution in [0.3, 0.4) is 0 Å². The third-order valence-corrected chi connectivity index (χ3v) is 5.81. The van der Waals surface area contributed by atoms with Gasteiger partial charge >= 0.3 is 11.9 Å². The van der Waals surface area contributed by atoms with Crippen molar-refractivity contribution < 1.29 is 24.6 Å². The number of nitrogens with two attached hydrogens (primary N) is 1. The van der Waals surface area contributed by atoms with Crippen molar-refractivity contribution in [2.75, 3.05) is 24.2 Å². The number of carboxylic acid groups (broad SMARTS) is 2. The summed E-state index contributed by atoms with van der Waals surface area (Å²) in [5.74, 6) is -2.84. The molecule has 1 aliphatic heterocycles. The summed E-state index contributed by atoms with van der Waals surface area (Å²) in [6.45, 7) is 0.381. The number of rotatable bonds is 8. The Morgan fingerprint density at radius 3 is 2.67 bits per heavy atom. The lowest BCUT2D eigenvalue weighted by Crippen LogP contribution is -2.44. The molecule has 13 heteroatoms. The predicted octanol–water partition coefficient (Wildman–Crippen LogP) is -0.0618. The number of H-pyrrole nitrogens is 1. The lowest BCUT2D eigenvalue weighted by molar-refractivity contribution is -0.143. The highest BCUT2D eigenvalue weighted by Gasteiger charge is 2.29. The Balaban J connectivity index is 1.53. The molecule has 0 bridgehead atoms. The molecule has 0 aromatic carbocycles. The van der Waals surface area contributed by atoms with Crippen LogP contribution in [0.5, 0.6) is 0 Å². The minimum absolute atomic E-state index is 0.000325. The van der Waals surface area contributed by atoms with Crippen LogP contribution in [0.1, 0.15) is 38.5 Å². The zero-order chi connectivity index (χ0) is 24.1. The third kappa shape index (κ3) is 5.93. The first-order valence-corrected chi connectivity index (χ1v) is 10.6. The molecule has 1 aromatic rings. The van der Waals surface area contributed by atoms with Gasteiger partial charge in [0, 0.05) is 31.3 Å². The fourth-order valence-corrected chi connectivity index (χ4v) is 3.88. The molecule has 2 aliphatic rings. The van der Waals surface area contributed by atoms with E-state index in [1.54, 1.807) is 18.2 Å². The molecule has 2 heterocycles. The molecule has 13 nitrogen and oxygen atoms in total. The normalized spacial score (nSPS) is 20.6. The minimum atomic E-state index is -1.25. The van der Waals surface area contributed by atoms with Crippen molar-refractivity contribution in [1.29, 1.82) is 0 Å². The number of aromatic amines is 1. The minimum Gasteiger partial charge on any atom is -0.481 e. The van der Waals surface area contributed by atoms with Gasteiger partial charge in [-0.15, -0.1) is 0 Å². The van der Waals surface area contributed by atoms with Crippen LogP contribution in [0.15, 0.2) is 14.8 Å². The summed E-state index contributed by atoms with van der Waals surface area (Å²) in [7, 11) is 1.76. The molecule has 1 aromatic heterocycles. The summed E-state index contributed by atoms with van der Waals surface area (Å²) in [4.78, 5) is 63.7. The summed E-state index contributed by atoms with van der Waals surface area (Å²) in [5, 5.41) is 20.4. The molecule has 0 spiro atoms. The van der Waals surface area contributed by atoms with Crippen molar-refractivity contribution in [1.82, 2.24) is 15.3 Å². The molecule has 1 saturated carbocycles. The van der Waals surface area contributed by atoms with E-state index in [4.69, 9.17) is 10.8 Å². The summed E-state index contributed by atoms with van der Waals surface area (Å²) in [5.41, 5.74) is 6.45. The van der Waals surface area contributed by atoms with Crippen LogP contribution in [0.4, 0.5) is 17.5 Å². The van der Waals surface area contributed by atoms with E-state index in [0.717, 1.165) is 5.71 Å². The monoisotopic (exact) mass is 461 g/mol. The predicted molar refractivity (Wildman–Crippen MR) is 120 cm³/mol. The summed E-state index contributed by atoms with van der Waals surface area (Å²) in [6.07, 6.45) is 3.40. The molecule has 1 amide bonds. The Bertz CT molecular complexity index is 1040. The van der Waals surface area contributed by atoms with E-state index >= 15 is 0 Å². The number of aromatic nitrogens is 2. The number of nitrogens with one attached hydrogen (secondary N) is 2. The van der Waals surface area contributed by atoms with Crippen LogP contribution in [-0.4, -0.2) is 75.6 Å². The van der Waals surface area contributed by atoms with E-state index in [1.807, 2.05) is 0 Å². The number of likely N-dealkylation sites (N-methyl/N-ethyl adjacent to an activating group) is 1. The Morgan fingerprint density at radius 1 is 1.33 bits per heavy atom. The zero-order valence-electron chi connectivity index (χ0n) is 18.2. The number of hydrogen-bond donors (Lipinski definition) is 5. The summed E-state index contributed by atoms with van der Waals surface area (Å²) < 4.78 is 0. The average Bonchev–Trinajstić information content (AvgIpc) is 2.75. The molecular weight excluding hydrogens is 434 g/mol. The van der Waals surface area contributed by atoms with Crippen molar-refractivity contribution in [2.45, 2.75) is 50.6 Å². The standard InChI is InChI=1S/C20H27N7O6/c1-27-12(9-23-16-15(27)18(31)26-20(21)25-16)8-22-11-4-2-10(3-5-11)17(30)24-13(19(32)33)6-7-14(28)29/h9-10,12-13H,2-8H2,1H3,(H,24,30)(H,28,29)(H,32,33)(H3,21,25,26,31)/t10?,12?,13-/m0/s1. The Morgan fingerprint density at radius 2 is 2.03 bits per heavy atom. The first-order chi connectivity index (χ1) is 15.7. The number of carbonyl (C=O) groups excluding carboxylic acids is 1. The second kappa shape index (κ2) is 10.2. The molecule has 178 valence electrons. The van der Waals surface area contributed by atoms with Crippen LogP contribution in [0, 0.1) is 5.92 Å². The van der Waals surface area contributed by atoms with Crippen LogP contribution < -0.4 is 21.5 Å². The lowest BCUT2D eigenvalue weighted by atomic mass is 9.87. The molecule has 1 fully saturated rings. The number of fused-ring (bicyclic) bond motifs is 1. The van der Waals surface area contributed by atoms with Gasteiger partial charge < -0.3 is 26.2 Å². The van der Waals surface area contributed by atoms with Crippen LogP contribution in [0.25, 0.3) is 0 Å². The number of carboxylic acids is 2. The zero-order valence-corrected chi connectivity index (χ0v) is 18.2. The molecule has 2 atom stereocenters. The van der Waals surface area contributed by atoms with E-state index in [-0.39, 0.29) is 48.0 Å². The maximum absolute atomic E-state index is 12.5. The van der Waals surface area contributed by atoms with Crippen LogP contribution in [-0.2, 0) is 14.4 Å². The van der Waals surface area contributed by atoms with Gasteiger partial charge in [-0.1, -0.05) is 0 Å². The maximum Gasteiger partial charge on any atom is 0.326 e. The Labute approximate surface area is 188 Å². The number of anilines is 2. The van der Waals surface area contributed by atoms with Gasteiger partial charge in [-0.2, -0.15) is 4.98 Å². The van der Waals surface area contributed by atoms with Gasteiger partial charge in [0.15, 0.2) is 5.82 Å². The molecule has 1 aliphatic carbocycles. The highest BCUT2D eigenvalue weighted by Crippen LogP contribution is 2.27.